The van der Waals surface area contributed by atoms with Crippen LogP contribution in [-0.4, -0.2) is 73.6 Å². The van der Waals surface area contributed by atoms with E-state index in [4.69, 9.17) is 0 Å². The van der Waals surface area contributed by atoms with E-state index in [1.807, 2.05) is 0 Å². The highest BCUT2D eigenvalue weighted by Crippen LogP contribution is 2.18. The maximum Gasteiger partial charge on any atom is 0.221 e. The van der Waals surface area contributed by atoms with Gasteiger partial charge in [-0.2, -0.15) is 0 Å². The number of carbonyl (C=O) groups is 1. The monoisotopic (exact) mass is 294 g/mol. The summed E-state index contributed by atoms with van der Waals surface area (Å²) in [5.74, 6) is 0.257. The first-order valence-electron chi connectivity index (χ1n) is 8.78. The predicted octanol–water partition coefficient (Wildman–Crippen LogP) is 0.415. The molecule has 1 aliphatic carbocycles. The first-order chi connectivity index (χ1) is 10.3. The number of piperazine rings is 1. The van der Waals surface area contributed by atoms with Gasteiger partial charge in [0.1, 0.15) is 0 Å². The quantitative estimate of drug-likeness (QED) is 0.771. The molecule has 0 atom stereocenters. The van der Waals surface area contributed by atoms with Crippen molar-refractivity contribution in [1.29, 1.82) is 0 Å². The van der Waals surface area contributed by atoms with Gasteiger partial charge in [-0.05, 0) is 12.8 Å². The van der Waals surface area contributed by atoms with Gasteiger partial charge in [0.05, 0.1) is 0 Å². The number of rotatable bonds is 5. The summed E-state index contributed by atoms with van der Waals surface area (Å²) < 4.78 is 0. The molecule has 3 fully saturated rings. The van der Waals surface area contributed by atoms with Crippen LogP contribution in [0.4, 0.5) is 0 Å². The highest BCUT2D eigenvalue weighted by Gasteiger charge is 2.32. The molecule has 21 heavy (non-hydrogen) atoms. The van der Waals surface area contributed by atoms with Crippen LogP contribution in [0, 0.1) is 0 Å². The summed E-state index contributed by atoms with van der Waals surface area (Å²) in [5, 5.41) is 6.61. The number of hydrogen-bond donors (Lipinski definition) is 2. The van der Waals surface area contributed by atoms with Crippen LogP contribution in [0.15, 0.2) is 0 Å². The van der Waals surface area contributed by atoms with Crippen molar-refractivity contribution in [2.24, 2.45) is 0 Å². The Balaban J connectivity index is 1.27. The molecule has 0 bridgehead atoms. The molecule has 2 saturated heterocycles. The van der Waals surface area contributed by atoms with E-state index in [0.29, 0.717) is 12.5 Å². The summed E-state index contributed by atoms with van der Waals surface area (Å²) in [7, 11) is 0. The summed E-state index contributed by atoms with van der Waals surface area (Å²) in [6.45, 7) is 7.84. The maximum atomic E-state index is 12.0. The molecule has 2 aliphatic heterocycles. The van der Waals surface area contributed by atoms with Crippen molar-refractivity contribution in [3.05, 3.63) is 0 Å². The lowest BCUT2D eigenvalue weighted by Gasteiger charge is -2.46. The Labute approximate surface area is 128 Å². The normalized spacial score (nSPS) is 26.5. The highest BCUT2D eigenvalue weighted by molar-refractivity contribution is 5.76. The summed E-state index contributed by atoms with van der Waals surface area (Å²) in [4.78, 5) is 17.0. The predicted molar refractivity (Wildman–Crippen MR) is 84.3 cm³/mol. The Morgan fingerprint density at radius 1 is 1.10 bits per heavy atom. The highest BCUT2D eigenvalue weighted by atomic mass is 16.1. The van der Waals surface area contributed by atoms with Gasteiger partial charge in [0.25, 0.3) is 0 Å². The van der Waals surface area contributed by atoms with Gasteiger partial charge in [-0.15, -0.1) is 0 Å². The lowest BCUT2D eigenvalue weighted by molar-refractivity contribution is -0.122. The molecule has 0 aromatic carbocycles. The second-order valence-corrected chi connectivity index (χ2v) is 6.85. The fraction of sp³-hybridized carbons (Fsp3) is 0.938. The smallest absolute Gasteiger partial charge is 0.221 e. The number of carbonyl (C=O) groups excluding carboxylic acids is 1. The van der Waals surface area contributed by atoms with E-state index >= 15 is 0 Å². The van der Waals surface area contributed by atoms with Gasteiger partial charge >= 0.3 is 0 Å². The van der Waals surface area contributed by atoms with Crippen molar-refractivity contribution in [3.8, 4) is 0 Å². The second kappa shape index (κ2) is 7.56. The van der Waals surface area contributed by atoms with E-state index in [1.165, 1.54) is 45.2 Å². The van der Waals surface area contributed by atoms with Crippen LogP contribution in [0.1, 0.15) is 38.5 Å². The summed E-state index contributed by atoms with van der Waals surface area (Å²) in [5.41, 5.74) is 0. The van der Waals surface area contributed by atoms with Gasteiger partial charge in [-0.25, -0.2) is 0 Å². The van der Waals surface area contributed by atoms with Gasteiger partial charge in [0, 0.05) is 64.3 Å². The van der Waals surface area contributed by atoms with E-state index in [1.54, 1.807) is 0 Å². The Bertz CT molecular complexity index is 331. The molecule has 0 aromatic heterocycles. The van der Waals surface area contributed by atoms with Gasteiger partial charge in [0.2, 0.25) is 5.91 Å². The first kappa shape index (κ1) is 15.3. The molecular weight excluding hydrogens is 264 g/mol. The van der Waals surface area contributed by atoms with Crippen molar-refractivity contribution >= 4 is 5.91 Å². The Kier molecular flexibility index (Phi) is 5.49. The Morgan fingerprint density at radius 3 is 2.52 bits per heavy atom. The number of nitrogens with one attached hydrogen (secondary N) is 2. The largest absolute Gasteiger partial charge is 0.353 e. The van der Waals surface area contributed by atoms with Crippen LogP contribution < -0.4 is 10.6 Å². The molecular formula is C16H30N4O. The number of amides is 1. The van der Waals surface area contributed by atoms with Crippen LogP contribution in [0.5, 0.6) is 0 Å². The van der Waals surface area contributed by atoms with Crippen LogP contribution in [0.25, 0.3) is 0 Å². The number of hydrogen-bond acceptors (Lipinski definition) is 4. The minimum absolute atomic E-state index is 0.257. The number of likely N-dealkylation sites (tertiary alicyclic amines) is 1. The third kappa shape index (κ3) is 4.41. The third-order valence-corrected chi connectivity index (χ3v) is 5.23. The molecule has 0 spiro atoms. The van der Waals surface area contributed by atoms with E-state index in [9.17, 15) is 4.79 Å². The number of nitrogens with zero attached hydrogens (tertiary/aromatic N) is 2. The molecule has 1 saturated carbocycles. The fourth-order valence-electron chi connectivity index (χ4n) is 3.81. The standard InChI is InChI=1S/C16H30N4O/c21-16(18-14-4-2-1-3-5-14)6-9-19-12-15(13-19)20-10-7-17-8-11-20/h14-15,17H,1-13H2,(H,18,21). The van der Waals surface area contributed by atoms with Gasteiger partial charge in [-0.1, -0.05) is 19.3 Å². The zero-order valence-corrected chi connectivity index (χ0v) is 13.1. The molecule has 0 aromatic rings. The molecule has 0 radical (unpaired) electrons. The minimum atomic E-state index is 0.257. The molecule has 5 heteroatoms. The summed E-state index contributed by atoms with van der Waals surface area (Å²) in [6.07, 6.45) is 6.94. The lowest BCUT2D eigenvalue weighted by atomic mass is 9.95. The molecule has 120 valence electrons. The fourth-order valence-corrected chi connectivity index (χ4v) is 3.81. The Hall–Kier alpha value is -0.650. The molecule has 2 N–H and O–H groups in total. The van der Waals surface area contributed by atoms with E-state index in [-0.39, 0.29) is 5.91 Å². The topological polar surface area (TPSA) is 47.6 Å². The van der Waals surface area contributed by atoms with Gasteiger partial charge in [0.15, 0.2) is 0 Å². The molecule has 3 aliphatic rings. The van der Waals surface area contributed by atoms with Gasteiger partial charge in [-0.3, -0.25) is 14.6 Å². The Morgan fingerprint density at radius 2 is 1.81 bits per heavy atom. The summed E-state index contributed by atoms with van der Waals surface area (Å²) >= 11 is 0. The van der Waals surface area contributed by atoms with Crippen molar-refractivity contribution in [2.75, 3.05) is 45.8 Å². The lowest BCUT2D eigenvalue weighted by Crippen LogP contribution is -2.62. The SMILES string of the molecule is O=C(CCN1CC(N2CCNCC2)C1)NC1CCCCC1. The zero-order valence-electron chi connectivity index (χ0n) is 13.1. The molecule has 5 nitrogen and oxygen atoms in total. The first-order valence-corrected chi connectivity index (χ1v) is 8.78. The maximum absolute atomic E-state index is 12.0. The third-order valence-electron chi connectivity index (χ3n) is 5.23. The summed E-state index contributed by atoms with van der Waals surface area (Å²) in [6, 6.07) is 1.18. The average molecular weight is 294 g/mol. The average Bonchev–Trinajstić information content (AvgIpc) is 2.48. The molecule has 3 rings (SSSR count). The molecule has 1 amide bonds. The van der Waals surface area contributed by atoms with Gasteiger partial charge < -0.3 is 10.6 Å². The van der Waals surface area contributed by atoms with Crippen molar-refractivity contribution in [2.45, 2.75) is 50.6 Å². The van der Waals surface area contributed by atoms with E-state index < -0.39 is 0 Å². The van der Waals surface area contributed by atoms with Crippen molar-refractivity contribution in [3.63, 3.8) is 0 Å². The van der Waals surface area contributed by atoms with E-state index in [2.05, 4.69) is 20.4 Å². The zero-order chi connectivity index (χ0) is 14.5. The van der Waals surface area contributed by atoms with Crippen molar-refractivity contribution < 1.29 is 4.79 Å². The van der Waals surface area contributed by atoms with Crippen LogP contribution in [-0.2, 0) is 4.79 Å². The molecule has 0 unspecified atom stereocenters. The van der Waals surface area contributed by atoms with Crippen LogP contribution >= 0.6 is 0 Å². The van der Waals surface area contributed by atoms with Crippen LogP contribution in [0.3, 0.4) is 0 Å². The second-order valence-electron chi connectivity index (χ2n) is 6.85. The minimum Gasteiger partial charge on any atom is -0.353 e. The van der Waals surface area contributed by atoms with E-state index in [0.717, 1.165) is 38.8 Å². The van der Waals surface area contributed by atoms with Crippen LogP contribution in [0.2, 0.25) is 0 Å². The van der Waals surface area contributed by atoms with Crippen molar-refractivity contribution in [1.82, 2.24) is 20.4 Å². The molecule has 2 heterocycles.